The summed E-state index contributed by atoms with van der Waals surface area (Å²) in [6.45, 7) is 2.12. The van der Waals surface area contributed by atoms with Crippen molar-refractivity contribution >= 4 is 46.0 Å². The first-order valence-corrected chi connectivity index (χ1v) is 4.51. The molecule has 0 spiro atoms. The van der Waals surface area contributed by atoms with E-state index in [1.54, 1.807) is 0 Å². The summed E-state index contributed by atoms with van der Waals surface area (Å²) in [6, 6.07) is 0. The van der Waals surface area contributed by atoms with Gasteiger partial charge in [0.1, 0.15) is 0 Å². The van der Waals surface area contributed by atoms with Crippen molar-refractivity contribution in [2.24, 2.45) is 0 Å². The van der Waals surface area contributed by atoms with Crippen LogP contribution in [0.5, 0.6) is 0 Å². The number of hydrogen-bond acceptors (Lipinski definition) is 4. The zero-order valence-corrected chi connectivity index (χ0v) is 12.1. The molecule has 0 radical (unpaired) electrons. The molecule has 1 N–H and O–H groups in total. The van der Waals surface area contributed by atoms with Gasteiger partial charge in [0.05, 0.1) is 0 Å². The number of rotatable bonds is 3. The van der Waals surface area contributed by atoms with E-state index >= 15 is 0 Å². The molecular formula is C5H8KNOS3. The third-order valence-electron chi connectivity index (χ3n) is 0.696. The van der Waals surface area contributed by atoms with Gasteiger partial charge in [0.15, 0.2) is 0 Å². The zero-order valence-electron chi connectivity index (χ0n) is 6.55. The van der Waals surface area contributed by atoms with Gasteiger partial charge in [-0.2, -0.15) is 0 Å². The maximum atomic E-state index is 10.3. The first kappa shape index (κ1) is 15.2. The number of thioether (sulfide) groups is 1. The average Bonchev–Trinajstić information content (AvgIpc) is 1.79. The normalized spacial score (nSPS) is 8.09. The van der Waals surface area contributed by atoms with Crippen LogP contribution in [0.4, 0.5) is 0 Å². The molecule has 11 heavy (non-hydrogen) atoms. The minimum Gasteiger partial charge on any atom is -0.422 e. The van der Waals surface area contributed by atoms with Crippen LogP contribution in [0.25, 0.3) is 0 Å². The summed E-state index contributed by atoms with van der Waals surface area (Å²) in [5.74, 6) is 0.748. The fourth-order valence-corrected chi connectivity index (χ4v) is 1.23. The third kappa shape index (κ3) is 14.6. The number of nitrogens with one attached hydrogen (secondary N) is 1. The molecule has 0 unspecified atom stereocenters. The van der Waals surface area contributed by atoms with E-state index in [9.17, 15) is 4.79 Å². The molecule has 0 aromatic heterocycles. The van der Waals surface area contributed by atoms with Gasteiger partial charge in [0.25, 0.3) is 0 Å². The van der Waals surface area contributed by atoms with Crippen molar-refractivity contribution < 1.29 is 56.2 Å². The molecule has 0 aliphatic carbocycles. The molecule has 0 rings (SSSR count). The summed E-state index contributed by atoms with van der Waals surface area (Å²) in [4.78, 5) is 10.3. The maximum Gasteiger partial charge on any atom is 1.00 e. The molecule has 0 saturated carbocycles. The standard InChI is InChI=1S/C5H9NOS3.K/c1-4(7)6-2-3-10-5(8)9;/h2-3H2,1H3,(H,6,7)(H,8,9);/q;+1/p-1. The molecule has 0 atom stereocenters. The van der Waals surface area contributed by atoms with Crippen molar-refractivity contribution in [2.75, 3.05) is 12.3 Å². The van der Waals surface area contributed by atoms with E-state index in [0.29, 0.717) is 10.1 Å². The van der Waals surface area contributed by atoms with Gasteiger partial charge >= 0.3 is 51.4 Å². The van der Waals surface area contributed by atoms with Gasteiger partial charge in [-0.1, -0.05) is 3.53 Å². The summed E-state index contributed by atoms with van der Waals surface area (Å²) in [5, 5.41) is 2.64. The Balaban J connectivity index is 0. The van der Waals surface area contributed by atoms with E-state index in [2.05, 4.69) is 30.2 Å². The molecule has 0 bridgehead atoms. The van der Waals surface area contributed by atoms with Gasteiger partial charge in [-0.25, -0.2) is 0 Å². The van der Waals surface area contributed by atoms with Crippen LogP contribution in [0.3, 0.4) is 0 Å². The van der Waals surface area contributed by atoms with Gasteiger partial charge in [0.2, 0.25) is 5.91 Å². The number of carbonyl (C=O) groups is 1. The van der Waals surface area contributed by atoms with E-state index in [-0.39, 0.29) is 57.3 Å². The molecular weight excluding hydrogens is 225 g/mol. The minimum absolute atomic E-state index is 0. The van der Waals surface area contributed by atoms with Gasteiger partial charge in [0, 0.05) is 19.2 Å². The third-order valence-corrected chi connectivity index (χ3v) is 2.05. The Morgan fingerprint density at radius 2 is 2.27 bits per heavy atom. The SMILES string of the molecule is CC(=O)NCCSC(=S)[S-].[K+]. The maximum absolute atomic E-state index is 10.3. The zero-order chi connectivity index (χ0) is 7.98. The van der Waals surface area contributed by atoms with Crippen LogP contribution in [-0.2, 0) is 17.4 Å². The number of amides is 1. The molecule has 0 saturated heterocycles. The number of hydrogen-bond donors (Lipinski definition) is 1. The molecule has 0 heterocycles. The van der Waals surface area contributed by atoms with Crippen LogP contribution in [0.2, 0.25) is 0 Å². The van der Waals surface area contributed by atoms with Crippen LogP contribution in [0, 0.1) is 0 Å². The first-order valence-electron chi connectivity index (χ1n) is 2.71. The Morgan fingerprint density at radius 1 is 1.73 bits per heavy atom. The topological polar surface area (TPSA) is 29.1 Å². The summed E-state index contributed by atoms with van der Waals surface area (Å²) < 4.78 is 0.505. The molecule has 6 heteroatoms. The van der Waals surface area contributed by atoms with Gasteiger partial charge < -0.3 is 30.2 Å². The fourth-order valence-electron chi connectivity index (χ4n) is 0.361. The molecule has 0 fully saturated rings. The van der Waals surface area contributed by atoms with E-state index in [1.165, 1.54) is 18.7 Å². The van der Waals surface area contributed by atoms with E-state index in [4.69, 9.17) is 0 Å². The first-order chi connectivity index (χ1) is 4.63. The summed E-state index contributed by atoms with van der Waals surface area (Å²) >= 11 is 10.7. The van der Waals surface area contributed by atoms with Crippen molar-refractivity contribution in [3.05, 3.63) is 0 Å². The fraction of sp³-hybridized carbons (Fsp3) is 0.600. The molecule has 2 nitrogen and oxygen atoms in total. The molecule has 1 amide bonds. The Kier molecular flexibility index (Phi) is 13.7. The molecule has 58 valence electrons. The van der Waals surface area contributed by atoms with Crippen molar-refractivity contribution in [2.45, 2.75) is 6.92 Å². The summed E-state index contributed by atoms with van der Waals surface area (Å²) in [7, 11) is 0. The van der Waals surface area contributed by atoms with E-state index < -0.39 is 0 Å². The van der Waals surface area contributed by atoms with Gasteiger partial charge in [-0.15, -0.1) is 11.8 Å². The summed E-state index contributed by atoms with van der Waals surface area (Å²) in [6.07, 6.45) is 0. The second-order valence-electron chi connectivity index (χ2n) is 1.58. The second-order valence-corrected chi connectivity index (χ2v) is 4.28. The Hall–Kier alpha value is 1.77. The average molecular weight is 233 g/mol. The quantitative estimate of drug-likeness (QED) is 0.257. The minimum atomic E-state index is -0.0177. The molecule has 0 aromatic carbocycles. The van der Waals surface area contributed by atoms with E-state index in [0.717, 1.165) is 5.75 Å². The van der Waals surface area contributed by atoms with Crippen molar-refractivity contribution in [1.82, 2.24) is 5.32 Å². The van der Waals surface area contributed by atoms with Crippen molar-refractivity contribution in [3.63, 3.8) is 0 Å². The van der Waals surface area contributed by atoms with Crippen LogP contribution >= 0.6 is 24.0 Å². The Bertz CT molecular complexity index is 126. The molecule has 0 aliphatic rings. The predicted octanol–water partition coefficient (Wildman–Crippen LogP) is -2.31. The Labute approximate surface area is 124 Å². The van der Waals surface area contributed by atoms with Gasteiger partial charge in [-0.05, 0) is 0 Å². The van der Waals surface area contributed by atoms with Crippen molar-refractivity contribution in [3.8, 4) is 0 Å². The monoisotopic (exact) mass is 233 g/mol. The summed E-state index contributed by atoms with van der Waals surface area (Å²) in [5.41, 5.74) is 0. The number of carbonyl (C=O) groups excluding carboxylic acids is 1. The predicted molar refractivity (Wildman–Crippen MR) is 51.1 cm³/mol. The van der Waals surface area contributed by atoms with Crippen LogP contribution in [0.15, 0.2) is 0 Å². The van der Waals surface area contributed by atoms with Crippen molar-refractivity contribution in [1.29, 1.82) is 0 Å². The van der Waals surface area contributed by atoms with Crippen LogP contribution in [0.1, 0.15) is 6.92 Å². The molecule has 0 aliphatic heterocycles. The van der Waals surface area contributed by atoms with E-state index in [1.807, 2.05) is 0 Å². The van der Waals surface area contributed by atoms with Crippen LogP contribution in [-0.4, -0.2) is 21.7 Å². The molecule has 0 aromatic rings. The largest absolute Gasteiger partial charge is 1.00 e. The number of thiocarbonyl (C=S) groups is 1. The van der Waals surface area contributed by atoms with Gasteiger partial charge in [-0.3, -0.25) is 4.79 Å². The Morgan fingerprint density at radius 3 is 2.64 bits per heavy atom. The smallest absolute Gasteiger partial charge is 0.422 e. The second kappa shape index (κ2) is 9.85. The van der Waals surface area contributed by atoms with Crippen LogP contribution < -0.4 is 56.7 Å².